The zero-order valence-corrected chi connectivity index (χ0v) is 31.8. The van der Waals surface area contributed by atoms with Gasteiger partial charge in [-0.25, -0.2) is 9.59 Å². The molecule has 316 valence electrons. The van der Waals surface area contributed by atoms with E-state index in [9.17, 15) is 58.8 Å². The largest absolute Gasteiger partial charge is 0.550 e. The van der Waals surface area contributed by atoms with Gasteiger partial charge in [0.25, 0.3) is 11.9 Å². The molecule has 0 fully saturated rings. The van der Waals surface area contributed by atoms with E-state index in [1.165, 1.54) is 0 Å². The van der Waals surface area contributed by atoms with E-state index in [4.69, 9.17) is 49.7 Å². The van der Waals surface area contributed by atoms with Crippen molar-refractivity contribution in [1.29, 1.82) is 0 Å². The van der Waals surface area contributed by atoms with Gasteiger partial charge in [0.1, 0.15) is 32.3 Å². The predicted octanol–water partition coefficient (Wildman–Crippen LogP) is -5.39. The molecule has 0 aliphatic heterocycles. The third-order valence-corrected chi connectivity index (χ3v) is 4.89. The zero-order chi connectivity index (χ0) is 44.8. The average Bonchev–Trinajstić information content (AvgIpc) is 2.91. The van der Waals surface area contributed by atoms with Crippen LogP contribution in [-0.4, -0.2) is 196 Å². The van der Waals surface area contributed by atoms with Crippen LogP contribution in [0.3, 0.4) is 0 Å². The molecule has 0 amide bonds. The second-order valence-corrected chi connectivity index (χ2v) is 12.5. The minimum Gasteiger partial charge on any atom is -0.550 e. The maximum Gasteiger partial charge on any atom is 0.336 e. The molecule has 0 aromatic carbocycles. The van der Waals surface area contributed by atoms with Gasteiger partial charge in [0.2, 0.25) is 0 Å². The summed E-state index contributed by atoms with van der Waals surface area (Å²) in [6.45, 7) is 4.22. The highest BCUT2D eigenvalue weighted by molar-refractivity contribution is 6.30. The van der Waals surface area contributed by atoms with E-state index < -0.39 is 96.4 Å². The van der Waals surface area contributed by atoms with Gasteiger partial charge >= 0.3 is 29.8 Å². The Morgan fingerprint density at radius 2 is 0.778 bits per heavy atom. The van der Waals surface area contributed by atoms with Gasteiger partial charge in [0, 0.05) is 40.3 Å². The number of carboxylic acid groups (broad SMARTS) is 7. The minimum atomic E-state index is -2.70. The first-order valence-corrected chi connectivity index (χ1v) is 14.8. The molecular weight excluding hydrogens is 740 g/mol. The molecule has 2 unspecified atom stereocenters. The second kappa shape index (κ2) is 30.2. The highest BCUT2D eigenvalue weighted by Gasteiger charge is 2.41. The molecule has 24 nitrogen and oxygen atoms in total. The Labute approximate surface area is 310 Å². The topological polar surface area (TPSA) is 397 Å². The van der Waals surface area contributed by atoms with Crippen molar-refractivity contribution in [2.24, 2.45) is 0 Å². The number of ether oxygens (including phenoxy) is 2. The van der Waals surface area contributed by atoms with E-state index in [1.807, 2.05) is 42.3 Å². The Morgan fingerprint density at radius 3 is 0.944 bits per heavy atom. The molecule has 54 heavy (non-hydrogen) atoms. The Morgan fingerprint density at radius 1 is 0.537 bits per heavy atom. The molecule has 8 N–H and O–H groups in total. The van der Waals surface area contributed by atoms with Gasteiger partial charge in [0.15, 0.2) is 17.0 Å². The molecule has 0 saturated heterocycles. The van der Waals surface area contributed by atoms with Crippen LogP contribution in [0.4, 0.5) is 0 Å². The van der Waals surface area contributed by atoms with Crippen molar-refractivity contribution in [3.05, 3.63) is 0 Å². The smallest absolute Gasteiger partial charge is 0.336 e. The average molecular weight is 795 g/mol. The molecule has 2 atom stereocenters. The van der Waals surface area contributed by atoms with Crippen molar-refractivity contribution in [3.8, 4) is 0 Å². The van der Waals surface area contributed by atoms with Crippen LogP contribution in [0.2, 0.25) is 0 Å². The first-order chi connectivity index (χ1) is 24.0. The van der Waals surface area contributed by atoms with Gasteiger partial charge in [-0.15, -0.1) is 0 Å². The van der Waals surface area contributed by atoms with Crippen LogP contribution in [0, 0.1) is 0 Å². The van der Waals surface area contributed by atoms with Gasteiger partial charge < -0.3 is 79.1 Å². The van der Waals surface area contributed by atoms with Crippen LogP contribution in [0.1, 0.15) is 46.5 Å². The summed E-state index contributed by atoms with van der Waals surface area (Å²) in [4.78, 5) is 102. The third-order valence-electron chi connectivity index (χ3n) is 4.89. The fraction of sp³-hybridized carbons (Fsp3) is 0.667. The summed E-state index contributed by atoms with van der Waals surface area (Å²) in [6, 6.07) is 0. The van der Waals surface area contributed by atoms with Crippen LogP contribution in [0.5, 0.6) is 0 Å². The number of ketones is 1. The number of aliphatic hydroxyl groups excluding tert-OH is 1. The summed E-state index contributed by atoms with van der Waals surface area (Å²) in [5.41, 5.74) is -5.34. The monoisotopic (exact) mass is 794 g/mol. The third kappa shape index (κ3) is 48.8. The van der Waals surface area contributed by atoms with Crippen molar-refractivity contribution in [1.82, 2.24) is 0 Å². The number of carbonyl (C=O) groups excluding carboxylic acids is 5. The predicted molar refractivity (Wildman–Crippen MR) is 174 cm³/mol. The molecule has 0 spiro atoms. The second-order valence-electron chi connectivity index (χ2n) is 12.5. The van der Waals surface area contributed by atoms with E-state index in [-0.39, 0.29) is 13.2 Å². The van der Waals surface area contributed by atoms with E-state index in [0.717, 1.165) is 27.9 Å². The number of esters is 2. The number of nitrogens with zero attached hydrogens (tertiary/aromatic N) is 2. The summed E-state index contributed by atoms with van der Waals surface area (Å²) < 4.78 is 10.6. The van der Waals surface area contributed by atoms with Crippen molar-refractivity contribution in [2.45, 2.75) is 57.7 Å². The Balaban J connectivity index is -0.000000153. The highest BCUT2D eigenvalue weighted by atomic mass is 16.5. The van der Waals surface area contributed by atoms with Crippen LogP contribution in [0.15, 0.2) is 0 Å². The molecule has 0 aliphatic rings. The summed E-state index contributed by atoms with van der Waals surface area (Å²) >= 11 is 0. The molecule has 0 aromatic rings. The maximum absolute atomic E-state index is 11.4. The standard InChI is InChI=1S/2C11H19NO7.C3H4O3.2C2H4O2.CH4O/c2*1-12(2,3)4-5-19-9(15)7-11(18,10(16)17)6-8(13)14;1-2(4)3(5)6;2*1-2(3)4;1-2/h2*18H,4-7H2,1-3H3,(H-,13,14,16,17);1H3,(H,5,6);2*1H3,(H,3,4);2H,1H3. The summed E-state index contributed by atoms with van der Waals surface area (Å²) in [6.07, 6.45) is -4.07. The number of quaternary nitrogens is 2. The van der Waals surface area contributed by atoms with Crippen molar-refractivity contribution >= 4 is 59.5 Å². The summed E-state index contributed by atoms with van der Waals surface area (Å²) in [5.74, 6) is -13.0. The SMILES string of the molecule is CC(=O)C(=O)[O-].CC(=O)O.CC(=O)O.CO.C[N+](C)(C)CCOC(=O)CC(O)(CC(=O)O)C(=O)O.C[N+](C)(C)CCOC(=O)CC(O)(CC(=O)[O-])C(=O)O. The number of carbonyl (C=O) groups is 10. The lowest BCUT2D eigenvalue weighted by Gasteiger charge is -2.25. The number of aliphatic carboxylic acids is 7. The first kappa shape index (κ1) is 60.8. The number of aliphatic hydroxyl groups is 3. The molecule has 0 aromatic heterocycles. The van der Waals surface area contributed by atoms with E-state index in [0.29, 0.717) is 22.1 Å². The van der Waals surface area contributed by atoms with Gasteiger partial charge in [-0.05, 0) is 0 Å². The van der Waals surface area contributed by atoms with Gasteiger partial charge in [0.05, 0.1) is 61.5 Å². The molecule has 0 bridgehead atoms. The first-order valence-electron chi connectivity index (χ1n) is 14.8. The lowest BCUT2D eigenvalue weighted by molar-refractivity contribution is -0.870. The minimum absolute atomic E-state index is 0.0450. The van der Waals surface area contributed by atoms with Crippen LogP contribution < -0.4 is 10.2 Å². The Hall–Kier alpha value is -5.30. The lowest BCUT2D eigenvalue weighted by atomic mass is 9.96. The highest BCUT2D eigenvalue weighted by Crippen LogP contribution is 2.17. The normalized spacial score (nSPS) is 12.1. The number of rotatable bonds is 17. The quantitative estimate of drug-likeness (QED) is 0.0387. The zero-order valence-electron chi connectivity index (χ0n) is 31.8. The maximum atomic E-state index is 11.4. The van der Waals surface area contributed by atoms with Crippen molar-refractivity contribution in [2.75, 3.05) is 75.7 Å². The van der Waals surface area contributed by atoms with E-state index in [1.54, 1.807) is 0 Å². The van der Waals surface area contributed by atoms with Crippen LogP contribution in [-0.2, 0) is 57.4 Å². The van der Waals surface area contributed by atoms with E-state index >= 15 is 0 Å². The summed E-state index contributed by atoms with van der Waals surface area (Å²) in [5, 5.41) is 86.6. The van der Waals surface area contributed by atoms with Crippen molar-refractivity contribution < 1.29 is 117 Å². The molecule has 0 aliphatic carbocycles. The van der Waals surface area contributed by atoms with Gasteiger partial charge in [-0.3, -0.25) is 28.8 Å². The van der Waals surface area contributed by atoms with E-state index in [2.05, 4.69) is 0 Å². The number of hydrogen-bond acceptors (Lipinski definition) is 17. The summed E-state index contributed by atoms with van der Waals surface area (Å²) in [7, 11) is 12.3. The Bertz CT molecular complexity index is 1130. The van der Waals surface area contributed by atoms with Crippen molar-refractivity contribution in [3.63, 3.8) is 0 Å². The van der Waals surface area contributed by atoms with Crippen LogP contribution >= 0.6 is 0 Å². The molecule has 0 saturated carbocycles. The Kier molecular flexibility index (Phi) is 34.0. The molecule has 0 rings (SSSR count). The van der Waals surface area contributed by atoms with Gasteiger partial charge in [-0.1, -0.05) is 0 Å². The fourth-order valence-electron chi connectivity index (χ4n) is 2.36. The molecular formula is C30H54N2O22. The molecule has 24 heteroatoms. The van der Waals surface area contributed by atoms with Gasteiger partial charge in [-0.2, -0.15) is 0 Å². The molecule has 0 radical (unpaired) electrons. The number of carboxylic acids is 7. The lowest BCUT2D eigenvalue weighted by Crippen LogP contribution is -2.46. The number of hydrogen-bond donors (Lipinski definition) is 8. The van der Waals surface area contributed by atoms with Crippen LogP contribution in [0.25, 0.3) is 0 Å². The fourth-order valence-corrected chi connectivity index (χ4v) is 2.36. The number of Topliss-reactive ketones (excluding diaryl/α,β-unsaturated/α-hetero) is 1. The number of likely N-dealkylation sites (N-methyl/N-ethyl adjacent to an activating group) is 2. The molecule has 0 heterocycles.